The summed E-state index contributed by atoms with van der Waals surface area (Å²) in [5.41, 5.74) is 0.893. The van der Waals surface area contributed by atoms with E-state index < -0.39 is 22.3 Å². The minimum atomic E-state index is -4.80. The normalized spacial score (nSPS) is 12.4. The zero-order valence-corrected chi connectivity index (χ0v) is 16.0. The van der Waals surface area contributed by atoms with Crippen molar-refractivity contribution in [2.45, 2.75) is 13.3 Å². The number of ketones is 1. The van der Waals surface area contributed by atoms with Gasteiger partial charge < -0.3 is 8.92 Å². The number of allylic oxidation sites excluding steroid dienone is 2. The highest BCUT2D eigenvalue weighted by Crippen LogP contribution is 2.23. The average Bonchev–Trinajstić information content (AvgIpc) is 2.63. The van der Waals surface area contributed by atoms with E-state index in [1.165, 1.54) is 55.5 Å². The van der Waals surface area contributed by atoms with Crippen LogP contribution in [0.1, 0.15) is 18.1 Å². The molecule has 154 valence electrons. The zero-order chi connectivity index (χ0) is 21.5. The molecule has 0 aliphatic carbocycles. The summed E-state index contributed by atoms with van der Waals surface area (Å²) in [5, 5.41) is 0. The van der Waals surface area contributed by atoms with Crippen LogP contribution in [0.2, 0.25) is 0 Å². The van der Waals surface area contributed by atoms with E-state index in [1.54, 1.807) is 12.1 Å². The van der Waals surface area contributed by atoms with Crippen molar-refractivity contribution in [3.05, 3.63) is 71.8 Å². The molecule has 0 saturated carbocycles. The maximum Gasteiger partial charge on any atom is 0.573 e. The highest BCUT2D eigenvalue weighted by Gasteiger charge is 2.31. The highest BCUT2D eigenvalue weighted by atomic mass is 32.2. The van der Waals surface area contributed by atoms with Crippen LogP contribution >= 0.6 is 0 Å². The predicted molar refractivity (Wildman–Crippen MR) is 103 cm³/mol. The van der Waals surface area contributed by atoms with Crippen molar-refractivity contribution in [2.24, 2.45) is 0 Å². The summed E-state index contributed by atoms with van der Waals surface area (Å²) in [6.07, 6.45) is 0.436. The van der Waals surface area contributed by atoms with Crippen LogP contribution in [-0.4, -0.2) is 26.3 Å². The summed E-state index contributed by atoms with van der Waals surface area (Å²) < 4.78 is 68.4. The van der Waals surface area contributed by atoms with E-state index in [1.807, 2.05) is 0 Å². The van der Waals surface area contributed by atoms with Crippen LogP contribution in [0.3, 0.4) is 0 Å². The second-order valence-electron chi connectivity index (χ2n) is 5.69. The van der Waals surface area contributed by atoms with Crippen molar-refractivity contribution in [3.63, 3.8) is 0 Å². The summed E-state index contributed by atoms with van der Waals surface area (Å²) in [4.78, 5) is 12.0. The third-order valence-electron chi connectivity index (χ3n) is 3.41. The monoisotopic (exact) mass is 426 g/mol. The van der Waals surface area contributed by atoms with E-state index in [-0.39, 0.29) is 17.3 Å². The van der Waals surface area contributed by atoms with Gasteiger partial charge in [0.2, 0.25) is 0 Å². The van der Waals surface area contributed by atoms with Gasteiger partial charge in [-0.3, -0.25) is 4.79 Å². The molecule has 0 heterocycles. The second kappa shape index (κ2) is 9.42. The molecule has 2 rings (SSSR count). The summed E-state index contributed by atoms with van der Waals surface area (Å²) in [6, 6.07) is 11.4. The van der Waals surface area contributed by atoms with E-state index in [0.717, 1.165) is 12.1 Å². The van der Waals surface area contributed by atoms with E-state index in [0.29, 0.717) is 11.1 Å². The standard InChI is InChI=1S/C20H17F3O5S/c1-2-29(25,26)28-19-8-4-6-16(14-19)10-12-17(24)11-9-15-5-3-7-18(13-15)27-20(21,22)23/h3-14H,2H2,1H3/b11-9+,12-10+. The molecule has 0 bridgehead atoms. The molecule has 0 aliphatic heterocycles. The Balaban J connectivity index is 2.04. The number of rotatable bonds is 8. The van der Waals surface area contributed by atoms with Crippen LogP contribution in [0.4, 0.5) is 13.2 Å². The first-order valence-corrected chi connectivity index (χ1v) is 9.92. The van der Waals surface area contributed by atoms with Crippen LogP contribution in [0.25, 0.3) is 12.2 Å². The molecule has 0 atom stereocenters. The van der Waals surface area contributed by atoms with Crippen LogP contribution in [0.5, 0.6) is 11.5 Å². The van der Waals surface area contributed by atoms with Crippen molar-refractivity contribution >= 4 is 28.1 Å². The molecule has 9 heteroatoms. The fraction of sp³-hybridized carbons (Fsp3) is 0.150. The van der Waals surface area contributed by atoms with Gasteiger partial charge in [0.05, 0.1) is 5.75 Å². The first-order chi connectivity index (χ1) is 13.6. The number of carbonyl (C=O) groups excluding carboxylic acids is 1. The number of alkyl halides is 3. The predicted octanol–water partition coefficient (Wildman–Crippen LogP) is 4.61. The molecule has 5 nitrogen and oxygen atoms in total. The third kappa shape index (κ3) is 8.22. The lowest BCUT2D eigenvalue weighted by Crippen LogP contribution is -2.17. The third-order valence-corrected chi connectivity index (χ3v) is 4.56. The Kier molecular flexibility index (Phi) is 7.22. The van der Waals surface area contributed by atoms with Crippen molar-refractivity contribution < 1.29 is 35.3 Å². The summed E-state index contributed by atoms with van der Waals surface area (Å²) in [6.45, 7) is 1.45. The van der Waals surface area contributed by atoms with Gasteiger partial charge in [-0.1, -0.05) is 36.4 Å². The molecule has 0 aromatic heterocycles. The Bertz CT molecular complexity index is 1020. The van der Waals surface area contributed by atoms with Gasteiger partial charge in [-0.15, -0.1) is 13.2 Å². The van der Waals surface area contributed by atoms with Crippen LogP contribution < -0.4 is 8.92 Å². The fourth-order valence-electron chi connectivity index (χ4n) is 2.10. The lowest BCUT2D eigenvalue weighted by molar-refractivity contribution is -0.274. The Labute approximate surface area is 166 Å². The van der Waals surface area contributed by atoms with Crippen molar-refractivity contribution in [3.8, 4) is 11.5 Å². The minimum absolute atomic E-state index is 0.124. The van der Waals surface area contributed by atoms with Crippen LogP contribution in [-0.2, 0) is 14.9 Å². The molecule has 2 aromatic rings. The Morgan fingerprint density at radius 1 is 0.966 bits per heavy atom. The highest BCUT2D eigenvalue weighted by molar-refractivity contribution is 7.87. The van der Waals surface area contributed by atoms with Gasteiger partial charge in [0.15, 0.2) is 5.78 Å². The van der Waals surface area contributed by atoms with E-state index >= 15 is 0 Å². The number of benzene rings is 2. The smallest absolute Gasteiger partial charge is 0.406 e. The molecule has 0 fully saturated rings. The zero-order valence-electron chi connectivity index (χ0n) is 15.2. The summed E-state index contributed by atoms with van der Waals surface area (Å²) in [5.74, 6) is -0.856. The van der Waals surface area contributed by atoms with Gasteiger partial charge in [0, 0.05) is 0 Å². The number of halogens is 3. The van der Waals surface area contributed by atoms with Gasteiger partial charge in [-0.25, -0.2) is 0 Å². The number of hydrogen-bond donors (Lipinski definition) is 0. The Morgan fingerprint density at radius 3 is 2.00 bits per heavy atom. The quantitative estimate of drug-likeness (QED) is 0.456. The summed E-state index contributed by atoms with van der Waals surface area (Å²) in [7, 11) is -3.66. The minimum Gasteiger partial charge on any atom is -0.406 e. The average molecular weight is 426 g/mol. The number of hydrogen-bond acceptors (Lipinski definition) is 5. The van der Waals surface area contributed by atoms with Crippen molar-refractivity contribution in [1.29, 1.82) is 0 Å². The van der Waals surface area contributed by atoms with E-state index in [9.17, 15) is 26.4 Å². The molecule has 0 amide bonds. The van der Waals surface area contributed by atoms with Gasteiger partial charge in [-0.05, 0) is 54.5 Å². The summed E-state index contributed by atoms with van der Waals surface area (Å²) >= 11 is 0. The molecule has 0 aliphatic rings. The maximum absolute atomic E-state index is 12.2. The van der Waals surface area contributed by atoms with Crippen molar-refractivity contribution in [1.82, 2.24) is 0 Å². The molecular formula is C20H17F3O5S. The number of ether oxygens (including phenoxy) is 1. The number of carbonyl (C=O) groups is 1. The molecule has 0 saturated heterocycles. The molecule has 0 N–H and O–H groups in total. The van der Waals surface area contributed by atoms with Gasteiger partial charge in [-0.2, -0.15) is 8.42 Å². The maximum atomic E-state index is 12.2. The first kappa shape index (κ1) is 22.2. The molecular weight excluding hydrogens is 409 g/mol. The van der Waals surface area contributed by atoms with Crippen molar-refractivity contribution in [2.75, 3.05) is 5.75 Å². The lowest BCUT2D eigenvalue weighted by atomic mass is 10.1. The molecule has 0 radical (unpaired) electrons. The Morgan fingerprint density at radius 2 is 1.48 bits per heavy atom. The SMILES string of the molecule is CCS(=O)(=O)Oc1cccc(/C=C/C(=O)/C=C/c2cccc(OC(F)(F)F)c2)c1. The molecule has 0 spiro atoms. The van der Waals surface area contributed by atoms with E-state index in [2.05, 4.69) is 4.74 Å². The second-order valence-corrected chi connectivity index (χ2v) is 7.55. The Hall–Kier alpha value is -3.07. The molecule has 0 unspecified atom stereocenters. The molecule has 29 heavy (non-hydrogen) atoms. The largest absolute Gasteiger partial charge is 0.573 e. The van der Waals surface area contributed by atoms with Gasteiger partial charge in [0.1, 0.15) is 11.5 Å². The van der Waals surface area contributed by atoms with Crippen LogP contribution in [0.15, 0.2) is 60.7 Å². The fourth-order valence-corrected chi connectivity index (χ4v) is 2.62. The van der Waals surface area contributed by atoms with Gasteiger partial charge >= 0.3 is 16.5 Å². The molecule has 2 aromatic carbocycles. The first-order valence-electron chi connectivity index (χ1n) is 8.34. The van der Waals surface area contributed by atoms with E-state index in [4.69, 9.17) is 4.18 Å². The van der Waals surface area contributed by atoms with Gasteiger partial charge in [0.25, 0.3) is 0 Å². The lowest BCUT2D eigenvalue weighted by Gasteiger charge is -2.08. The van der Waals surface area contributed by atoms with Crippen LogP contribution in [0, 0.1) is 0 Å². The topological polar surface area (TPSA) is 69.7 Å².